The molecule has 0 aliphatic heterocycles. The molecule has 0 unspecified atom stereocenters. The highest BCUT2D eigenvalue weighted by Gasteiger charge is 2.26. The molecule has 10 nitrogen and oxygen atoms in total. The second kappa shape index (κ2) is 8.80. The lowest BCUT2D eigenvalue weighted by Crippen LogP contribution is -2.15. The molecule has 3 rings (SSSR count). The van der Waals surface area contributed by atoms with E-state index >= 15 is 0 Å². The molecule has 0 heterocycles. The van der Waals surface area contributed by atoms with Crippen molar-refractivity contribution in [3.63, 3.8) is 0 Å². The van der Waals surface area contributed by atoms with Gasteiger partial charge >= 0.3 is 0 Å². The van der Waals surface area contributed by atoms with Gasteiger partial charge in [-0.1, -0.05) is 0 Å². The molecule has 0 saturated carbocycles. The van der Waals surface area contributed by atoms with E-state index in [0.717, 1.165) is 36.4 Å². The molecular formula is C19H16FN3O7S2. The highest BCUT2D eigenvalue weighted by Crippen LogP contribution is 2.30. The molecule has 0 fully saturated rings. The smallest absolute Gasteiger partial charge is 0.293 e. The van der Waals surface area contributed by atoms with Gasteiger partial charge in [-0.15, -0.1) is 0 Å². The highest BCUT2D eigenvalue weighted by molar-refractivity contribution is 7.93. The quantitative estimate of drug-likeness (QED) is 0.371. The maximum atomic E-state index is 13.0. The maximum Gasteiger partial charge on any atom is 0.293 e. The largest absolute Gasteiger partial charge is 0.497 e. The first-order valence-electron chi connectivity index (χ1n) is 8.75. The lowest BCUT2D eigenvalue weighted by Gasteiger charge is -2.11. The number of anilines is 2. The molecule has 0 bridgehead atoms. The average molecular weight is 481 g/mol. The summed E-state index contributed by atoms with van der Waals surface area (Å²) >= 11 is 0. The molecule has 0 saturated heterocycles. The Morgan fingerprint density at radius 1 is 0.844 bits per heavy atom. The van der Waals surface area contributed by atoms with Gasteiger partial charge < -0.3 is 4.74 Å². The summed E-state index contributed by atoms with van der Waals surface area (Å²) in [5.74, 6) is -0.467. The molecule has 0 amide bonds. The fourth-order valence-electron chi connectivity index (χ4n) is 2.64. The number of nitro benzene ring substituents is 1. The van der Waals surface area contributed by atoms with Gasteiger partial charge in [0.25, 0.3) is 25.7 Å². The Bertz CT molecular complexity index is 1360. The van der Waals surface area contributed by atoms with E-state index < -0.39 is 41.4 Å². The lowest BCUT2D eigenvalue weighted by molar-refractivity contribution is -0.387. The van der Waals surface area contributed by atoms with Gasteiger partial charge in [0, 0.05) is 11.4 Å². The monoisotopic (exact) mass is 481 g/mol. The van der Waals surface area contributed by atoms with Gasteiger partial charge in [-0.3, -0.25) is 19.6 Å². The molecule has 32 heavy (non-hydrogen) atoms. The van der Waals surface area contributed by atoms with E-state index in [4.69, 9.17) is 4.74 Å². The Hall–Kier alpha value is -3.71. The Labute approximate surface area is 182 Å². The molecule has 0 atom stereocenters. The standard InChI is InChI=1S/C19H16FN3O7S2/c1-30-16-8-11-19(18(12-16)23(24)25)32(28,29)22-15-6-4-14(5-7-15)21-31(26,27)17-9-2-13(20)3-10-17/h2-12,21-22H,1H3. The third-order valence-electron chi connectivity index (χ3n) is 4.17. The topological polar surface area (TPSA) is 145 Å². The summed E-state index contributed by atoms with van der Waals surface area (Å²) in [7, 11) is -7.03. The molecule has 0 radical (unpaired) electrons. The molecule has 2 N–H and O–H groups in total. The van der Waals surface area contributed by atoms with Gasteiger partial charge in [-0.25, -0.2) is 21.2 Å². The van der Waals surface area contributed by atoms with Crippen LogP contribution in [-0.2, 0) is 20.0 Å². The summed E-state index contributed by atoms with van der Waals surface area (Å²) in [4.78, 5) is 9.71. The predicted octanol–water partition coefficient (Wildman–Crippen LogP) is 3.34. The maximum absolute atomic E-state index is 13.0. The Morgan fingerprint density at radius 2 is 1.38 bits per heavy atom. The zero-order valence-corrected chi connectivity index (χ0v) is 18.0. The van der Waals surface area contributed by atoms with Crippen LogP contribution in [0.25, 0.3) is 0 Å². The molecule has 0 spiro atoms. The van der Waals surface area contributed by atoms with Crippen LogP contribution < -0.4 is 14.2 Å². The van der Waals surface area contributed by atoms with Crippen molar-refractivity contribution in [3.8, 4) is 5.75 Å². The molecular weight excluding hydrogens is 465 g/mol. The van der Waals surface area contributed by atoms with Crippen LogP contribution >= 0.6 is 0 Å². The molecule has 13 heteroatoms. The number of rotatable bonds is 8. The first kappa shape index (κ1) is 23.0. The Kier molecular flexibility index (Phi) is 6.32. The highest BCUT2D eigenvalue weighted by atomic mass is 32.2. The van der Waals surface area contributed by atoms with Gasteiger partial charge in [0.15, 0.2) is 4.90 Å². The third-order valence-corrected chi connectivity index (χ3v) is 6.99. The number of nitrogens with one attached hydrogen (secondary N) is 2. The van der Waals surface area contributed by atoms with Crippen molar-refractivity contribution < 1.29 is 30.9 Å². The van der Waals surface area contributed by atoms with Crippen LogP contribution in [0.3, 0.4) is 0 Å². The molecule has 0 aliphatic rings. The van der Waals surface area contributed by atoms with Crippen LogP contribution in [0.15, 0.2) is 76.5 Å². The van der Waals surface area contributed by atoms with Gasteiger partial charge in [0.05, 0.1) is 23.0 Å². The van der Waals surface area contributed by atoms with Crippen LogP contribution in [0, 0.1) is 15.9 Å². The summed E-state index contributed by atoms with van der Waals surface area (Å²) in [6.45, 7) is 0. The summed E-state index contributed by atoms with van der Waals surface area (Å²) in [6, 6.07) is 12.6. The van der Waals surface area contributed by atoms with E-state index in [1.807, 2.05) is 0 Å². The van der Waals surface area contributed by atoms with Crippen LogP contribution in [0.2, 0.25) is 0 Å². The minimum atomic E-state index is -4.33. The van der Waals surface area contributed by atoms with Crippen LogP contribution in [-0.4, -0.2) is 28.9 Å². The molecule has 3 aromatic carbocycles. The van der Waals surface area contributed by atoms with E-state index in [1.165, 1.54) is 37.4 Å². The number of sulfonamides is 2. The number of ether oxygens (including phenoxy) is 1. The fraction of sp³-hybridized carbons (Fsp3) is 0.0526. The Balaban J connectivity index is 1.81. The first-order valence-corrected chi connectivity index (χ1v) is 11.7. The zero-order chi connectivity index (χ0) is 23.5. The van der Waals surface area contributed by atoms with E-state index in [9.17, 15) is 31.3 Å². The van der Waals surface area contributed by atoms with Crippen molar-refractivity contribution in [3.05, 3.63) is 82.7 Å². The fourth-order valence-corrected chi connectivity index (χ4v) is 4.91. The number of methoxy groups -OCH3 is 1. The van der Waals surface area contributed by atoms with Crippen molar-refractivity contribution in [1.29, 1.82) is 0 Å². The van der Waals surface area contributed by atoms with E-state index in [1.54, 1.807) is 0 Å². The number of nitro groups is 1. The van der Waals surface area contributed by atoms with Gasteiger partial charge in [-0.2, -0.15) is 0 Å². The molecule has 3 aromatic rings. The van der Waals surface area contributed by atoms with Crippen molar-refractivity contribution in [2.45, 2.75) is 9.79 Å². The minimum Gasteiger partial charge on any atom is -0.497 e. The first-order chi connectivity index (χ1) is 15.0. The van der Waals surface area contributed by atoms with Crippen LogP contribution in [0.1, 0.15) is 0 Å². The normalized spacial score (nSPS) is 11.6. The zero-order valence-electron chi connectivity index (χ0n) is 16.4. The average Bonchev–Trinajstić information content (AvgIpc) is 2.74. The third kappa shape index (κ3) is 5.12. The van der Waals surface area contributed by atoms with Gasteiger partial charge in [-0.05, 0) is 60.7 Å². The summed E-state index contributed by atoms with van der Waals surface area (Å²) in [6.07, 6.45) is 0. The second-order valence-electron chi connectivity index (χ2n) is 6.33. The number of hydrogen-bond donors (Lipinski definition) is 2. The lowest BCUT2D eigenvalue weighted by atomic mass is 10.3. The minimum absolute atomic E-state index is 0.0415. The summed E-state index contributed by atoms with van der Waals surface area (Å²) in [5, 5.41) is 11.3. The second-order valence-corrected chi connectivity index (χ2v) is 9.67. The SMILES string of the molecule is COc1ccc(S(=O)(=O)Nc2ccc(NS(=O)(=O)c3ccc(F)cc3)cc2)c([N+](=O)[O-])c1. The van der Waals surface area contributed by atoms with Gasteiger partial charge in [0.2, 0.25) is 0 Å². The molecule has 0 aromatic heterocycles. The number of benzene rings is 3. The van der Waals surface area contributed by atoms with E-state index in [0.29, 0.717) is 0 Å². The van der Waals surface area contributed by atoms with Crippen molar-refractivity contribution in [2.75, 3.05) is 16.6 Å². The van der Waals surface area contributed by atoms with Crippen LogP contribution in [0.5, 0.6) is 5.75 Å². The Morgan fingerprint density at radius 3 is 1.88 bits per heavy atom. The van der Waals surface area contributed by atoms with E-state index in [-0.39, 0.29) is 22.0 Å². The number of hydrogen-bond acceptors (Lipinski definition) is 7. The van der Waals surface area contributed by atoms with Gasteiger partial charge in [0.1, 0.15) is 11.6 Å². The van der Waals surface area contributed by atoms with Crippen molar-refractivity contribution in [2.24, 2.45) is 0 Å². The molecule has 0 aliphatic carbocycles. The predicted molar refractivity (Wildman–Crippen MR) is 114 cm³/mol. The van der Waals surface area contributed by atoms with Crippen LogP contribution in [0.4, 0.5) is 21.5 Å². The van der Waals surface area contributed by atoms with Crippen molar-refractivity contribution in [1.82, 2.24) is 0 Å². The summed E-state index contributed by atoms with van der Waals surface area (Å²) in [5.41, 5.74) is -0.506. The number of nitrogens with zero attached hydrogens (tertiary/aromatic N) is 1. The van der Waals surface area contributed by atoms with Crippen molar-refractivity contribution >= 4 is 37.1 Å². The van der Waals surface area contributed by atoms with E-state index in [2.05, 4.69) is 9.44 Å². The summed E-state index contributed by atoms with van der Waals surface area (Å²) < 4.78 is 72.4. The number of halogens is 1. The molecule has 168 valence electrons.